The molecule has 1 aliphatic heterocycles. The molecule has 7 heteroatoms. The highest BCUT2D eigenvalue weighted by atomic mass is 32.2. The molecule has 1 aromatic rings. The Kier molecular flexibility index (Phi) is 3.82. The molecule has 0 bridgehead atoms. The minimum absolute atomic E-state index is 0.0496. The summed E-state index contributed by atoms with van der Waals surface area (Å²) in [6.07, 6.45) is 3.42. The van der Waals surface area contributed by atoms with Gasteiger partial charge >= 0.3 is 0 Å². The van der Waals surface area contributed by atoms with E-state index in [2.05, 4.69) is 22.1 Å². The first-order valence-corrected chi connectivity index (χ1v) is 7.75. The zero-order valence-corrected chi connectivity index (χ0v) is 11.3. The lowest BCUT2D eigenvalue weighted by molar-refractivity contribution is 0.528. The topological polar surface area (TPSA) is 76.9 Å². The summed E-state index contributed by atoms with van der Waals surface area (Å²) in [5.41, 5.74) is 0. The maximum atomic E-state index is 12.0. The van der Waals surface area contributed by atoms with Crippen LogP contribution >= 0.6 is 0 Å². The summed E-state index contributed by atoms with van der Waals surface area (Å²) in [5, 5.41) is 11.3. The second-order valence-corrected chi connectivity index (χ2v) is 6.23. The van der Waals surface area contributed by atoms with Crippen molar-refractivity contribution in [2.75, 3.05) is 12.3 Å². The Hall–Kier alpha value is -1.21. The molecule has 1 aliphatic rings. The van der Waals surface area contributed by atoms with Gasteiger partial charge in [-0.25, -0.2) is 8.42 Å². The summed E-state index contributed by atoms with van der Waals surface area (Å²) in [7, 11) is -3.42. The van der Waals surface area contributed by atoms with Crippen molar-refractivity contribution in [1.82, 2.24) is 20.1 Å². The van der Waals surface area contributed by atoms with E-state index in [1.807, 2.05) is 6.92 Å². The van der Waals surface area contributed by atoms with E-state index in [4.69, 9.17) is 0 Å². The highest BCUT2D eigenvalue weighted by Crippen LogP contribution is 2.23. The van der Waals surface area contributed by atoms with Crippen molar-refractivity contribution >= 4 is 9.84 Å². The van der Waals surface area contributed by atoms with Crippen molar-refractivity contribution in [1.29, 1.82) is 0 Å². The quantitative estimate of drug-likeness (QED) is 0.796. The summed E-state index contributed by atoms with van der Waals surface area (Å²) < 4.78 is 25.7. The molecule has 1 saturated heterocycles. The van der Waals surface area contributed by atoms with E-state index in [-0.39, 0.29) is 17.0 Å². The minimum atomic E-state index is -3.42. The molecule has 2 heterocycles. The van der Waals surface area contributed by atoms with Gasteiger partial charge < -0.3 is 9.88 Å². The zero-order valence-electron chi connectivity index (χ0n) is 10.5. The second-order valence-electron chi connectivity index (χ2n) is 4.30. The summed E-state index contributed by atoms with van der Waals surface area (Å²) in [4.78, 5) is 0. The number of nitrogens with one attached hydrogen (secondary N) is 1. The fraction of sp³-hybridized carbons (Fsp3) is 0.636. The third-order valence-electron chi connectivity index (χ3n) is 3.05. The van der Waals surface area contributed by atoms with Crippen LogP contribution in [0.4, 0.5) is 0 Å². The molecule has 100 valence electrons. The van der Waals surface area contributed by atoms with Crippen LogP contribution in [0.25, 0.3) is 0 Å². The molecule has 1 fully saturated rings. The van der Waals surface area contributed by atoms with Crippen LogP contribution in [0.5, 0.6) is 0 Å². The van der Waals surface area contributed by atoms with Crippen LogP contribution < -0.4 is 5.32 Å². The molecule has 2 rings (SSSR count). The first-order valence-electron chi connectivity index (χ1n) is 6.10. The summed E-state index contributed by atoms with van der Waals surface area (Å²) >= 11 is 0. The van der Waals surface area contributed by atoms with E-state index in [1.165, 1.54) is 6.08 Å². The van der Waals surface area contributed by atoms with Crippen LogP contribution in [0.15, 0.2) is 17.8 Å². The normalized spacial score (nSPS) is 20.2. The molecule has 0 saturated carbocycles. The van der Waals surface area contributed by atoms with Crippen molar-refractivity contribution < 1.29 is 8.42 Å². The lowest BCUT2D eigenvalue weighted by atomic mass is 10.2. The van der Waals surface area contributed by atoms with Gasteiger partial charge in [0.2, 0.25) is 15.0 Å². The monoisotopic (exact) mass is 270 g/mol. The third kappa shape index (κ3) is 2.32. The molecule has 0 aromatic carbocycles. The highest BCUT2D eigenvalue weighted by Gasteiger charge is 2.28. The third-order valence-corrected chi connectivity index (χ3v) is 4.58. The van der Waals surface area contributed by atoms with E-state index >= 15 is 0 Å². The van der Waals surface area contributed by atoms with Gasteiger partial charge in [0, 0.05) is 6.54 Å². The first-order chi connectivity index (χ1) is 8.60. The van der Waals surface area contributed by atoms with Crippen molar-refractivity contribution in [3.8, 4) is 0 Å². The maximum Gasteiger partial charge on any atom is 0.250 e. The Morgan fingerprint density at radius 1 is 1.56 bits per heavy atom. The van der Waals surface area contributed by atoms with Gasteiger partial charge in [-0.3, -0.25) is 0 Å². The van der Waals surface area contributed by atoms with Gasteiger partial charge in [0.15, 0.2) is 5.82 Å². The van der Waals surface area contributed by atoms with Crippen molar-refractivity contribution in [3.63, 3.8) is 0 Å². The molecule has 1 aromatic heterocycles. The number of sulfone groups is 1. The van der Waals surface area contributed by atoms with E-state index in [9.17, 15) is 8.42 Å². The second kappa shape index (κ2) is 5.19. The van der Waals surface area contributed by atoms with E-state index in [0.29, 0.717) is 6.54 Å². The number of hydrogen-bond donors (Lipinski definition) is 1. The molecule has 1 atom stereocenters. The molecule has 0 radical (unpaired) electrons. The Balaban J connectivity index is 2.41. The lowest BCUT2D eigenvalue weighted by Gasteiger charge is -2.12. The predicted molar refractivity (Wildman–Crippen MR) is 67.9 cm³/mol. The van der Waals surface area contributed by atoms with Gasteiger partial charge in [0.25, 0.3) is 0 Å². The van der Waals surface area contributed by atoms with Gasteiger partial charge in [-0.1, -0.05) is 6.08 Å². The molecule has 6 nitrogen and oxygen atoms in total. The summed E-state index contributed by atoms with van der Waals surface area (Å²) in [6, 6.07) is 0.116. The SMILES string of the molecule is C=CCS(=O)(=O)c1nnc(C2CCCN2)n1CC. The molecule has 1 unspecified atom stereocenters. The van der Waals surface area contributed by atoms with Crippen LogP contribution in [-0.4, -0.2) is 35.5 Å². The molecule has 0 spiro atoms. The number of rotatable bonds is 5. The molecular formula is C11H18N4O2S. The number of aromatic nitrogens is 3. The molecule has 1 N–H and O–H groups in total. The van der Waals surface area contributed by atoms with E-state index in [1.54, 1.807) is 4.57 Å². The number of hydrogen-bond acceptors (Lipinski definition) is 5. The van der Waals surface area contributed by atoms with Crippen molar-refractivity contribution in [2.45, 2.75) is 37.5 Å². The molecule has 0 aliphatic carbocycles. The van der Waals surface area contributed by atoms with Gasteiger partial charge in [-0.2, -0.15) is 0 Å². The molecular weight excluding hydrogens is 252 g/mol. The van der Waals surface area contributed by atoms with Crippen LogP contribution in [0.1, 0.15) is 31.6 Å². The lowest BCUT2D eigenvalue weighted by Crippen LogP contribution is -2.20. The summed E-state index contributed by atoms with van der Waals surface area (Å²) in [5.74, 6) is 0.612. The standard InChI is InChI=1S/C11H18N4O2S/c1-3-8-18(16,17)11-14-13-10(15(11)4-2)9-6-5-7-12-9/h3,9,12H,1,4-8H2,2H3. The maximum absolute atomic E-state index is 12.0. The van der Waals surface area contributed by atoms with Gasteiger partial charge in [0.1, 0.15) is 0 Å². The Labute approximate surface area is 107 Å². The van der Waals surface area contributed by atoms with Crippen molar-refractivity contribution in [2.24, 2.45) is 0 Å². The van der Waals surface area contributed by atoms with Crippen LogP contribution in [0.2, 0.25) is 0 Å². The smallest absolute Gasteiger partial charge is 0.250 e. The molecule has 18 heavy (non-hydrogen) atoms. The average Bonchev–Trinajstić information content (AvgIpc) is 2.97. The Bertz CT molecular complexity index is 529. The largest absolute Gasteiger partial charge is 0.307 e. The van der Waals surface area contributed by atoms with Crippen LogP contribution in [0.3, 0.4) is 0 Å². The Morgan fingerprint density at radius 3 is 2.89 bits per heavy atom. The fourth-order valence-electron chi connectivity index (χ4n) is 2.22. The molecule has 0 amide bonds. The Morgan fingerprint density at radius 2 is 2.33 bits per heavy atom. The van der Waals surface area contributed by atoms with Gasteiger partial charge in [0.05, 0.1) is 11.8 Å². The summed E-state index contributed by atoms with van der Waals surface area (Å²) in [6.45, 7) is 6.85. The first kappa shape index (κ1) is 13.2. The van der Waals surface area contributed by atoms with Crippen LogP contribution in [0, 0.1) is 0 Å². The van der Waals surface area contributed by atoms with Gasteiger partial charge in [-0.15, -0.1) is 16.8 Å². The van der Waals surface area contributed by atoms with Crippen LogP contribution in [-0.2, 0) is 16.4 Å². The average molecular weight is 270 g/mol. The van der Waals surface area contributed by atoms with Gasteiger partial charge in [-0.05, 0) is 26.3 Å². The predicted octanol–water partition coefficient (Wildman–Crippen LogP) is 0.682. The number of nitrogens with zero attached hydrogens (tertiary/aromatic N) is 3. The highest BCUT2D eigenvalue weighted by molar-refractivity contribution is 7.91. The van der Waals surface area contributed by atoms with Crippen molar-refractivity contribution in [3.05, 3.63) is 18.5 Å². The van der Waals surface area contributed by atoms with E-state index < -0.39 is 9.84 Å². The zero-order chi connectivity index (χ0) is 13.2. The fourth-order valence-corrected chi connectivity index (χ4v) is 3.40. The minimum Gasteiger partial charge on any atom is -0.307 e. The van der Waals surface area contributed by atoms with E-state index in [0.717, 1.165) is 25.2 Å².